The number of nitrogens with zero attached hydrogens (tertiary/aromatic N) is 4. The predicted molar refractivity (Wildman–Crippen MR) is 113 cm³/mol. The Morgan fingerprint density at radius 1 is 1.20 bits per heavy atom. The zero-order valence-corrected chi connectivity index (χ0v) is 17.3. The van der Waals surface area contributed by atoms with Crippen LogP contribution in [0.4, 0.5) is 0 Å². The third kappa shape index (κ3) is 4.80. The van der Waals surface area contributed by atoms with Gasteiger partial charge in [0.15, 0.2) is 11.5 Å². The molecule has 0 radical (unpaired) electrons. The molecule has 3 rings (SSSR count). The fourth-order valence-corrected chi connectivity index (χ4v) is 2.97. The summed E-state index contributed by atoms with van der Waals surface area (Å²) in [4.78, 5) is 46.4. The van der Waals surface area contributed by atoms with E-state index in [9.17, 15) is 14.4 Å². The van der Waals surface area contributed by atoms with E-state index in [4.69, 9.17) is 4.74 Å². The first-order chi connectivity index (χ1) is 14.4. The van der Waals surface area contributed by atoms with Crippen molar-refractivity contribution in [1.29, 1.82) is 0 Å². The summed E-state index contributed by atoms with van der Waals surface area (Å²) in [6.45, 7) is 4.43. The number of aromatic nitrogens is 4. The van der Waals surface area contributed by atoms with Crippen LogP contribution in [0, 0.1) is 0 Å². The maximum Gasteiger partial charge on any atom is 0.332 e. The van der Waals surface area contributed by atoms with Crippen LogP contribution in [0.25, 0.3) is 22.4 Å². The highest BCUT2D eigenvalue weighted by molar-refractivity contribution is 5.78. The SMILES string of the molecule is CC(C)OCCCNC(=O)Cn1c(=O)c2cnc(-c3ccccc3)nc2n(C)c1=O. The fourth-order valence-electron chi connectivity index (χ4n) is 2.97. The Labute approximate surface area is 173 Å². The first kappa shape index (κ1) is 21.4. The molecule has 0 aliphatic carbocycles. The molecule has 3 aromatic rings. The highest BCUT2D eigenvalue weighted by Crippen LogP contribution is 2.15. The smallest absolute Gasteiger partial charge is 0.332 e. The molecule has 158 valence electrons. The van der Waals surface area contributed by atoms with Crippen molar-refractivity contribution in [2.45, 2.75) is 32.9 Å². The molecular formula is C21H25N5O4. The molecule has 0 atom stereocenters. The summed E-state index contributed by atoms with van der Waals surface area (Å²) in [6.07, 6.45) is 2.17. The zero-order chi connectivity index (χ0) is 21.7. The number of rotatable bonds is 8. The maximum atomic E-state index is 12.8. The summed E-state index contributed by atoms with van der Waals surface area (Å²) in [6, 6.07) is 9.27. The van der Waals surface area contributed by atoms with Crippen molar-refractivity contribution in [2.24, 2.45) is 7.05 Å². The van der Waals surface area contributed by atoms with Crippen LogP contribution in [0.3, 0.4) is 0 Å². The van der Waals surface area contributed by atoms with Gasteiger partial charge in [-0.1, -0.05) is 30.3 Å². The van der Waals surface area contributed by atoms with Gasteiger partial charge in [0.25, 0.3) is 5.56 Å². The van der Waals surface area contributed by atoms with Gasteiger partial charge in [-0.2, -0.15) is 0 Å². The van der Waals surface area contributed by atoms with Crippen LogP contribution in [0.5, 0.6) is 0 Å². The van der Waals surface area contributed by atoms with Crippen LogP contribution in [0.2, 0.25) is 0 Å². The number of carbonyl (C=O) groups is 1. The third-order valence-electron chi connectivity index (χ3n) is 4.51. The number of hydrogen-bond donors (Lipinski definition) is 1. The lowest BCUT2D eigenvalue weighted by Gasteiger charge is -2.11. The lowest BCUT2D eigenvalue weighted by Crippen LogP contribution is -2.43. The summed E-state index contributed by atoms with van der Waals surface area (Å²) < 4.78 is 7.57. The molecule has 2 aromatic heterocycles. The summed E-state index contributed by atoms with van der Waals surface area (Å²) >= 11 is 0. The Morgan fingerprint density at radius 2 is 1.93 bits per heavy atom. The van der Waals surface area contributed by atoms with Crippen molar-refractivity contribution in [3.63, 3.8) is 0 Å². The van der Waals surface area contributed by atoms with E-state index in [1.54, 1.807) is 0 Å². The minimum atomic E-state index is -0.608. The number of amides is 1. The van der Waals surface area contributed by atoms with Gasteiger partial charge in [-0.15, -0.1) is 0 Å². The standard InChI is InChI=1S/C21H25N5O4/c1-14(2)30-11-7-10-22-17(27)13-26-20(28)16-12-23-18(15-8-5-4-6-9-15)24-19(16)25(3)21(26)29/h4-6,8-9,12,14H,7,10-11,13H2,1-3H3,(H,22,27). The van der Waals surface area contributed by atoms with Crippen LogP contribution in [-0.4, -0.2) is 44.3 Å². The second-order valence-electron chi connectivity index (χ2n) is 7.15. The van der Waals surface area contributed by atoms with E-state index in [0.717, 1.165) is 10.1 Å². The van der Waals surface area contributed by atoms with Gasteiger partial charge in [-0.3, -0.25) is 18.7 Å². The normalized spacial score (nSPS) is 11.2. The highest BCUT2D eigenvalue weighted by atomic mass is 16.5. The molecule has 30 heavy (non-hydrogen) atoms. The molecule has 0 saturated carbocycles. The summed E-state index contributed by atoms with van der Waals surface area (Å²) in [5.74, 6) is -0.00321. The second-order valence-corrected chi connectivity index (χ2v) is 7.15. The average Bonchev–Trinajstić information content (AvgIpc) is 2.75. The molecular weight excluding hydrogens is 386 g/mol. The Bertz CT molecular complexity index is 1150. The van der Waals surface area contributed by atoms with Gasteiger partial charge >= 0.3 is 5.69 Å². The molecule has 0 spiro atoms. The predicted octanol–water partition coefficient (Wildman–Crippen LogP) is 1.09. The molecule has 9 nitrogen and oxygen atoms in total. The van der Waals surface area contributed by atoms with Gasteiger partial charge < -0.3 is 10.1 Å². The average molecular weight is 411 g/mol. The number of hydrogen-bond acceptors (Lipinski definition) is 6. The largest absolute Gasteiger partial charge is 0.379 e. The van der Waals surface area contributed by atoms with Gasteiger partial charge in [0.05, 0.1) is 6.10 Å². The minimum absolute atomic E-state index is 0.129. The van der Waals surface area contributed by atoms with Gasteiger partial charge in [-0.25, -0.2) is 14.8 Å². The van der Waals surface area contributed by atoms with Crippen molar-refractivity contribution in [3.05, 3.63) is 57.4 Å². The highest BCUT2D eigenvalue weighted by Gasteiger charge is 2.16. The van der Waals surface area contributed by atoms with Crippen LogP contribution in [0.1, 0.15) is 20.3 Å². The summed E-state index contributed by atoms with van der Waals surface area (Å²) in [5, 5.41) is 2.88. The number of fused-ring (bicyclic) bond motifs is 1. The quantitative estimate of drug-likeness (QED) is 0.556. The molecule has 0 aliphatic heterocycles. The molecule has 1 N–H and O–H groups in total. The zero-order valence-electron chi connectivity index (χ0n) is 17.3. The molecule has 0 bridgehead atoms. The molecule has 0 aliphatic rings. The van der Waals surface area contributed by atoms with Crippen molar-refractivity contribution < 1.29 is 9.53 Å². The molecule has 0 unspecified atom stereocenters. The fraction of sp³-hybridized carbons (Fsp3) is 0.381. The van der Waals surface area contributed by atoms with Gasteiger partial charge in [0, 0.05) is 32.0 Å². The first-order valence-corrected chi connectivity index (χ1v) is 9.78. The number of nitrogens with one attached hydrogen (secondary N) is 1. The first-order valence-electron chi connectivity index (χ1n) is 9.78. The number of aryl methyl sites for hydroxylation is 1. The summed E-state index contributed by atoms with van der Waals surface area (Å²) in [5.41, 5.74) is -0.201. The van der Waals surface area contributed by atoms with E-state index in [0.29, 0.717) is 25.4 Å². The minimum Gasteiger partial charge on any atom is -0.379 e. The lowest BCUT2D eigenvalue weighted by molar-refractivity contribution is -0.121. The maximum absolute atomic E-state index is 12.8. The Morgan fingerprint density at radius 3 is 2.63 bits per heavy atom. The van der Waals surface area contributed by atoms with Crippen LogP contribution >= 0.6 is 0 Å². The van der Waals surface area contributed by atoms with Crippen molar-refractivity contribution in [2.75, 3.05) is 13.2 Å². The second kappa shape index (κ2) is 9.45. The van der Waals surface area contributed by atoms with Crippen LogP contribution in [0.15, 0.2) is 46.1 Å². The molecule has 0 saturated heterocycles. The number of ether oxygens (including phenoxy) is 1. The van der Waals surface area contributed by atoms with Gasteiger partial charge in [0.2, 0.25) is 5.91 Å². The van der Waals surface area contributed by atoms with Gasteiger partial charge in [0.1, 0.15) is 11.9 Å². The van der Waals surface area contributed by atoms with Crippen molar-refractivity contribution >= 4 is 16.9 Å². The molecule has 0 fully saturated rings. The Kier molecular flexibility index (Phi) is 6.73. The molecule has 1 aromatic carbocycles. The van der Waals surface area contributed by atoms with E-state index in [1.807, 2.05) is 44.2 Å². The van der Waals surface area contributed by atoms with E-state index in [-0.39, 0.29) is 23.7 Å². The van der Waals surface area contributed by atoms with Crippen molar-refractivity contribution in [1.82, 2.24) is 24.4 Å². The van der Waals surface area contributed by atoms with Gasteiger partial charge in [-0.05, 0) is 20.3 Å². The topological polar surface area (TPSA) is 108 Å². The monoisotopic (exact) mass is 411 g/mol. The lowest BCUT2D eigenvalue weighted by atomic mass is 10.2. The Hall–Kier alpha value is -3.33. The van der Waals surface area contributed by atoms with Crippen LogP contribution in [-0.2, 0) is 23.1 Å². The molecule has 2 heterocycles. The summed E-state index contributed by atoms with van der Waals surface area (Å²) in [7, 11) is 1.52. The molecule has 9 heteroatoms. The van der Waals surface area contributed by atoms with E-state index < -0.39 is 17.2 Å². The molecule has 1 amide bonds. The van der Waals surface area contributed by atoms with E-state index >= 15 is 0 Å². The van der Waals surface area contributed by atoms with E-state index in [2.05, 4.69) is 15.3 Å². The van der Waals surface area contributed by atoms with E-state index in [1.165, 1.54) is 17.8 Å². The van der Waals surface area contributed by atoms with Crippen LogP contribution < -0.4 is 16.6 Å². The Balaban J connectivity index is 1.82. The number of benzene rings is 1. The third-order valence-corrected chi connectivity index (χ3v) is 4.51. The number of carbonyl (C=O) groups excluding carboxylic acids is 1. The van der Waals surface area contributed by atoms with Crippen molar-refractivity contribution in [3.8, 4) is 11.4 Å².